The van der Waals surface area contributed by atoms with E-state index >= 15 is 0 Å². The molecule has 0 saturated carbocycles. The summed E-state index contributed by atoms with van der Waals surface area (Å²) in [5.41, 5.74) is 12.2. The number of imidazole rings is 1. The van der Waals surface area contributed by atoms with Gasteiger partial charge in [0.15, 0.2) is 17.7 Å². The molecule has 0 aliphatic carbocycles. The van der Waals surface area contributed by atoms with Crippen molar-refractivity contribution in [3.63, 3.8) is 0 Å². The minimum Gasteiger partial charge on any atom is -0.480 e. The third kappa shape index (κ3) is 5.97. The molecule has 2 saturated heterocycles. The third-order valence-electron chi connectivity index (χ3n) is 7.08. The number of aliphatic hydroxyl groups is 2. The smallest absolute Gasteiger partial charge is 0.320 e. The number of aliphatic carboxylic acids is 2. The number of carbonyl (C=O) groups is 2. The van der Waals surface area contributed by atoms with Crippen LogP contribution in [0.3, 0.4) is 0 Å². The molecule has 15 heteroatoms. The number of anilines is 1. The number of nitrogens with two attached hydrogens (primary N) is 2. The van der Waals surface area contributed by atoms with Gasteiger partial charge in [-0.25, -0.2) is 15.0 Å². The molecule has 2 aliphatic rings. The number of hydrogen-bond donors (Lipinski definition) is 6. The largest absolute Gasteiger partial charge is 0.480 e. The summed E-state index contributed by atoms with van der Waals surface area (Å²) < 4.78 is 7.53. The first-order chi connectivity index (χ1) is 17.7. The zero-order valence-electron chi connectivity index (χ0n) is 20.3. The fourth-order valence-corrected chi connectivity index (χ4v) is 5.03. The molecule has 0 unspecified atom stereocenters. The van der Waals surface area contributed by atoms with Gasteiger partial charge in [-0.1, -0.05) is 0 Å². The quantitative estimate of drug-likeness (QED) is 0.178. The first-order valence-electron chi connectivity index (χ1n) is 12.3. The van der Waals surface area contributed by atoms with Gasteiger partial charge in [0.1, 0.15) is 42.2 Å². The Labute approximate surface area is 212 Å². The van der Waals surface area contributed by atoms with Crippen LogP contribution in [0.5, 0.6) is 0 Å². The van der Waals surface area contributed by atoms with Crippen LogP contribution in [-0.4, -0.2) is 125 Å². The molecule has 4 heterocycles. The van der Waals surface area contributed by atoms with Crippen molar-refractivity contribution in [2.75, 3.05) is 38.5 Å². The summed E-state index contributed by atoms with van der Waals surface area (Å²) in [7, 11) is 0. The number of aliphatic hydroxyl groups excluding tert-OH is 2. The van der Waals surface area contributed by atoms with Gasteiger partial charge < -0.3 is 41.5 Å². The van der Waals surface area contributed by atoms with Crippen LogP contribution in [0.15, 0.2) is 12.7 Å². The SMILES string of the molecule is Nc1ncnc2c1ncn2[C@@H]1O[C@H](CN(CCCN2CCC[C@H]2C(=O)O)CC[C@H](N)C(=O)O)[C@@H](O)[C@H]1O. The molecule has 0 spiro atoms. The highest BCUT2D eigenvalue weighted by molar-refractivity contribution is 5.81. The molecule has 37 heavy (non-hydrogen) atoms. The summed E-state index contributed by atoms with van der Waals surface area (Å²) in [5.74, 6) is -1.76. The summed E-state index contributed by atoms with van der Waals surface area (Å²) in [5, 5.41) is 40.1. The number of carboxylic acids is 2. The summed E-state index contributed by atoms with van der Waals surface area (Å²) in [6.45, 7) is 2.31. The Balaban J connectivity index is 1.42. The zero-order valence-corrected chi connectivity index (χ0v) is 20.3. The predicted molar refractivity (Wildman–Crippen MR) is 129 cm³/mol. The van der Waals surface area contributed by atoms with E-state index in [1.165, 1.54) is 17.2 Å². The van der Waals surface area contributed by atoms with Crippen LogP contribution in [0.1, 0.15) is 31.9 Å². The highest BCUT2D eigenvalue weighted by Crippen LogP contribution is 2.32. The van der Waals surface area contributed by atoms with E-state index in [0.717, 1.165) is 6.42 Å². The van der Waals surface area contributed by atoms with Crippen molar-refractivity contribution in [2.45, 2.75) is 62.3 Å². The Hall–Kier alpha value is -2.95. The number of carboxylic acid groups (broad SMARTS) is 2. The summed E-state index contributed by atoms with van der Waals surface area (Å²) in [4.78, 5) is 38.8. The monoisotopic (exact) mass is 522 g/mol. The minimum absolute atomic E-state index is 0.175. The molecule has 8 N–H and O–H groups in total. The molecule has 2 fully saturated rings. The number of nitrogens with zero attached hydrogens (tertiary/aromatic N) is 6. The minimum atomic E-state index is -1.28. The van der Waals surface area contributed by atoms with Crippen molar-refractivity contribution in [1.29, 1.82) is 0 Å². The van der Waals surface area contributed by atoms with E-state index in [4.69, 9.17) is 16.2 Å². The average Bonchev–Trinajstić information content (AvgIpc) is 3.57. The first kappa shape index (κ1) is 27.1. The highest BCUT2D eigenvalue weighted by Gasteiger charge is 2.45. The van der Waals surface area contributed by atoms with E-state index in [9.17, 15) is 30.0 Å². The Morgan fingerprint density at radius 2 is 1.97 bits per heavy atom. The van der Waals surface area contributed by atoms with Crippen molar-refractivity contribution in [2.24, 2.45) is 5.73 Å². The van der Waals surface area contributed by atoms with E-state index in [2.05, 4.69) is 15.0 Å². The molecule has 0 amide bonds. The Morgan fingerprint density at radius 3 is 2.70 bits per heavy atom. The first-order valence-corrected chi connectivity index (χ1v) is 12.3. The van der Waals surface area contributed by atoms with Crippen molar-refractivity contribution in [1.82, 2.24) is 29.3 Å². The number of nitrogen functional groups attached to an aromatic ring is 1. The third-order valence-corrected chi connectivity index (χ3v) is 7.08. The maximum Gasteiger partial charge on any atom is 0.320 e. The van der Waals surface area contributed by atoms with Gasteiger partial charge in [-0.15, -0.1) is 0 Å². The van der Waals surface area contributed by atoms with Gasteiger partial charge in [0.25, 0.3) is 0 Å². The number of ether oxygens (including phenoxy) is 1. The fourth-order valence-electron chi connectivity index (χ4n) is 5.03. The van der Waals surface area contributed by atoms with E-state index < -0.39 is 48.6 Å². The fraction of sp³-hybridized carbons (Fsp3) is 0.682. The van der Waals surface area contributed by atoms with Crippen LogP contribution >= 0.6 is 0 Å². The Morgan fingerprint density at radius 1 is 1.19 bits per heavy atom. The van der Waals surface area contributed by atoms with Gasteiger partial charge in [0.2, 0.25) is 0 Å². The number of fused-ring (bicyclic) bond motifs is 1. The molecule has 204 valence electrons. The number of aromatic nitrogens is 4. The van der Waals surface area contributed by atoms with Gasteiger partial charge in [-0.2, -0.15) is 0 Å². The van der Waals surface area contributed by atoms with Crippen molar-refractivity contribution in [3.8, 4) is 0 Å². The normalized spacial score (nSPS) is 27.3. The molecule has 0 bridgehead atoms. The molecular weight excluding hydrogens is 488 g/mol. The van der Waals surface area contributed by atoms with E-state index in [1.54, 1.807) is 0 Å². The second-order valence-electron chi connectivity index (χ2n) is 9.55. The molecule has 2 aromatic heterocycles. The van der Waals surface area contributed by atoms with Gasteiger partial charge in [-0.05, 0) is 38.8 Å². The van der Waals surface area contributed by atoms with Crippen molar-refractivity contribution in [3.05, 3.63) is 12.7 Å². The molecule has 2 aromatic rings. The molecular formula is C22H34N8O7. The summed E-state index contributed by atoms with van der Waals surface area (Å²) >= 11 is 0. The van der Waals surface area contributed by atoms with Gasteiger partial charge >= 0.3 is 11.9 Å². The number of likely N-dealkylation sites (tertiary alicyclic amines) is 1. The van der Waals surface area contributed by atoms with Crippen LogP contribution in [0, 0.1) is 0 Å². The number of rotatable bonds is 12. The van der Waals surface area contributed by atoms with E-state index in [-0.39, 0.29) is 18.8 Å². The number of hydrogen-bond acceptors (Lipinski definition) is 12. The Bertz CT molecular complexity index is 1100. The standard InChI is InChI=1S/C22H34N8O7/c23-12(21(33)34)4-8-28(5-2-7-29-6-1-3-13(29)22(35)36)9-14-16(31)17(32)20(37-14)30-11-27-15-18(24)25-10-26-19(15)30/h10-14,16-17,20,31-32H,1-9,23H2,(H,33,34)(H,35,36)(H2,24,25,26)/t12-,13-,14+,16+,17+,20+/m0/s1. The predicted octanol–water partition coefficient (Wildman–Crippen LogP) is -1.93. The van der Waals surface area contributed by atoms with Crippen LogP contribution in [-0.2, 0) is 14.3 Å². The molecule has 2 aliphatic heterocycles. The van der Waals surface area contributed by atoms with E-state index in [1.807, 2.05) is 9.80 Å². The lowest BCUT2D eigenvalue weighted by molar-refractivity contribution is -0.142. The van der Waals surface area contributed by atoms with Crippen LogP contribution in [0.4, 0.5) is 5.82 Å². The van der Waals surface area contributed by atoms with Crippen molar-refractivity contribution < 1.29 is 34.8 Å². The van der Waals surface area contributed by atoms with Gasteiger partial charge in [0.05, 0.1) is 6.33 Å². The maximum absolute atomic E-state index is 11.5. The van der Waals surface area contributed by atoms with Crippen LogP contribution < -0.4 is 11.5 Å². The maximum atomic E-state index is 11.5. The van der Waals surface area contributed by atoms with Gasteiger partial charge in [0, 0.05) is 19.6 Å². The van der Waals surface area contributed by atoms with Crippen LogP contribution in [0.25, 0.3) is 11.2 Å². The lowest BCUT2D eigenvalue weighted by atomic mass is 10.1. The molecule has 0 radical (unpaired) electrons. The second-order valence-corrected chi connectivity index (χ2v) is 9.55. The molecule has 4 rings (SSSR count). The lowest BCUT2D eigenvalue weighted by Gasteiger charge is -2.28. The van der Waals surface area contributed by atoms with E-state index in [0.29, 0.717) is 50.2 Å². The zero-order chi connectivity index (χ0) is 26.7. The Kier molecular flexibility index (Phi) is 8.51. The summed E-state index contributed by atoms with van der Waals surface area (Å²) in [6, 6.07) is -1.54. The lowest BCUT2D eigenvalue weighted by Crippen LogP contribution is -2.43. The van der Waals surface area contributed by atoms with Crippen LogP contribution in [0.2, 0.25) is 0 Å². The highest BCUT2D eigenvalue weighted by atomic mass is 16.6. The van der Waals surface area contributed by atoms with Crippen molar-refractivity contribution >= 4 is 28.9 Å². The molecule has 15 nitrogen and oxygen atoms in total. The second kappa shape index (κ2) is 11.6. The average molecular weight is 523 g/mol. The molecule has 0 aromatic carbocycles. The topological polar surface area (TPSA) is 226 Å². The summed E-state index contributed by atoms with van der Waals surface area (Å²) in [6.07, 6.45) is 0.666. The van der Waals surface area contributed by atoms with Gasteiger partial charge in [-0.3, -0.25) is 19.1 Å². The molecule has 6 atom stereocenters.